The van der Waals surface area contributed by atoms with Gasteiger partial charge in [-0.3, -0.25) is 9.36 Å². The molecule has 0 aliphatic carbocycles. The highest BCUT2D eigenvalue weighted by atomic mass is 32.2. The number of carbonyl (C=O) groups is 1. The van der Waals surface area contributed by atoms with Gasteiger partial charge in [0.15, 0.2) is 28.3 Å². The lowest BCUT2D eigenvalue weighted by molar-refractivity contribution is 0.0953. The Morgan fingerprint density at radius 1 is 1.18 bits per heavy atom. The summed E-state index contributed by atoms with van der Waals surface area (Å²) in [5, 5.41) is 10.8. The number of rotatable bonds is 9. The Hall–Kier alpha value is -3.30. The molecule has 0 bridgehead atoms. The summed E-state index contributed by atoms with van der Waals surface area (Å²) in [4.78, 5) is 16.3. The van der Waals surface area contributed by atoms with Crippen molar-refractivity contribution in [3.05, 3.63) is 54.2 Å². The van der Waals surface area contributed by atoms with E-state index in [9.17, 15) is 4.79 Å². The van der Waals surface area contributed by atoms with Crippen molar-refractivity contribution in [3.63, 3.8) is 0 Å². The molecule has 1 unspecified atom stereocenters. The van der Waals surface area contributed by atoms with E-state index in [1.807, 2.05) is 24.4 Å². The molecule has 9 heteroatoms. The van der Waals surface area contributed by atoms with Crippen molar-refractivity contribution in [2.45, 2.75) is 30.6 Å². The van der Waals surface area contributed by atoms with Crippen LogP contribution in [-0.2, 0) is 11.3 Å². The van der Waals surface area contributed by atoms with E-state index in [0.717, 1.165) is 41.7 Å². The molecule has 5 rings (SSSR count). The standard InChI is InChI=1S/C25H26N4O4S/c1-31-22-10-9-16(12-23(22)32-2)21(30)15-34-25-28-27-24(29(25)14-17-6-5-11-33-17)19-13-26-20-8-4-3-7-18(19)20/h3-4,7-10,12-13,17,26H,5-6,11,14-15H2,1-2H3. The van der Waals surface area contributed by atoms with E-state index in [4.69, 9.17) is 14.2 Å². The first kappa shape index (κ1) is 22.5. The third kappa shape index (κ3) is 4.41. The van der Waals surface area contributed by atoms with Crippen LogP contribution in [0.25, 0.3) is 22.3 Å². The van der Waals surface area contributed by atoms with Gasteiger partial charge in [0.2, 0.25) is 0 Å². The highest BCUT2D eigenvalue weighted by molar-refractivity contribution is 7.99. The number of nitrogens with one attached hydrogen (secondary N) is 1. The number of ketones is 1. The maximum Gasteiger partial charge on any atom is 0.192 e. The molecule has 2 aromatic carbocycles. The van der Waals surface area contributed by atoms with Crippen molar-refractivity contribution < 1.29 is 19.0 Å². The number of nitrogens with zero attached hydrogens (tertiary/aromatic N) is 3. The Labute approximate surface area is 201 Å². The summed E-state index contributed by atoms with van der Waals surface area (Å²) in [5.74, 6) is 2.10. The number of fused-ring (bicyclic) bond motifs is 1. The summed E-state index contributed by atoms with van der Waals surface area (Å²) >= 11 is 1.38. The van der Waals surface area contributed by atoms with Crippen molar-refractivity contribution in [1.29, 1.82) is 0 Å². The van der Waals surface area contributed by atoms with E-state index in [1.54, 1.807) is 32.4 Å². The Kier molecular flexibility index (Phi) is 6.55. The van der Waals surface area contributed by atoms with Crippen LogP contribution in [0.15, 0.2) is 53.8 Å². The molecule has 0 amide bonds. The lowest BCUT2D eigenvalue weighted by atomic mass is 10.1. The fourth-order valence-corrected chi connectivity index (χ4v) is 5.07. The molecule has 1 aliphatic heterocycles. The first-order chi connectivity index (χ1) is 16.7. The van der Waals surface area contributed by atoms with Gasteiger partial charge >= 0.3 is 0 Å². The van der Waals surface area contributed by atoms with E-state index in [1.165, 1.54) is 11.8 Å². The highest BCUT2D eigenvalue weighted by Crippen LogP contribution is 2.32. The molecule has 4 aromatic rings. The first-order valence-electron chi connectivity index (χ1n) is 11.2. The van der Waals surface area contributed by atoms with Gasteiger partial charge in [0.25, 0.3) is 0 Å². The quantitative estimate of drug-likeness (QED) is 0.278. The van der Waals surface area contributed by atoms with Gasteiger partial charge in [-0.15, -0.1) is 10.2 Å². The smallest absolute Gasteiger partial charge is 0.192 e. The molecule has 1 aliphatic rings. The zero-order valence-corrected chi connectivity index (χ0v) is 19.9. The second-order valence-corrected chi connectivity index (χ2v) is 9.02. The van der Waals surface area contributed by atoms with Gasteiger partial charge in [-0.05, 0) is 37.1 Å². The maximum absolute atomic E-state index is 12.9. The number of methoxy groups -OCH3 is 2. The largest absolute Gasteiger partial charge is 0.493 e. The van der Waals surface area contributed by atoms with Crippen molar-refractivity contribution >= 4 is 28.4 Å². The van der Waals surface area contributed by atoms with Crippen molar-refractivity contribution in [2.24, 2.45) is 0 Å². The maximum atomic E-state index is 12.9. The topological polar surface area (TPSA) is 91.3 Å². The second kappa shape index (κ2) is 9.90. The number of ether oxygens (including phenoxy) is 3. The Morgan fingerprint density at radius 2 is 2.03 bits per heavy atom. The normalized spacial score (nSPS) is 15.6. The van der Waals surface area contributed by atoms with Crippen molar-refractivity contribution in [2.75, 3.05) is 26.6 Å². The Bertz CT molecular complexity index is 1310. The number of thioether (sulfide) groups is 1. The molecule has 2 aromatic heterocycles. The molecule has 1 saturated heterocycles. The summed E-state index contributed by atoms with van der Waals surface area (Å²) < 4.78 is 18.6. The third-order valence-corrected chi connectivity index (χ3v) is 6.96. The number of H-pyrrole nitrogens is 1. The number of Topliss-reactive ketones (excluding diaryl/α,β-unsaturated/α-hetero) is 1. The van der Waals surface area contributed by atoms with Crippen molar-refractivity contribution in [3.8, 4) is 22.9 Å². The van der Waals surface area contributed by atoms with Crippen LogP contribution in [0, 0.1) is 0 Å². The van der Waals surface area contributed by atoms with E-state index in [0.29, 0.717) is 28.8 Å². The summed E-state index contributed by atoms with van der Waals surface area (Å²) in [6.45, 7) is 1.42. The van der Waals surface area contributed by atoms with Gasteiger partial charge < -0.3 is 19.2 Å². The summed E-state index contributed by atoms with van der Waals surface area (Å²) in [6.07, 6.45) is 4.13. The fraction of sp³-hybridized carbons (Fsp3) is 0.320. The first-order valence-corrected chi connectivity index (χ1v) is 12.2. The van der Waals surface area contributed by atoms with E-state index in [2.05, 4.69) is 25.8 Å². The molecule has 0 spiro atoms. The number of benzene rings is 2. The number of para-hydroxylation sites is 1. The summed E-state index contributed by atoms with van der Waals surface area (Å²) in [7, 11) is 3.13. The molecular weight excluding hydrogens is 452 g/mol. The predicted octanol–water partition coefficient (Wildman–Crippen LogP) is 4.60. The van der Waals surface area contributed by atoms with Crippen LogP contribution in [0.1, 0.15) is 23.2 Å². The number of hydrogen-bond acceptors (Lipinski definition) is 7. The van der Waals surface area contributed by atoms with Crippen LogP contribution < -0.4 is 9.47 Å². The fourth-order valence-electron chi connectivity index (χ4n) is 4.23. The minimum atomic E-state index is -0.0220. The minimum Gasteiger partial charge on any atom is -0.493 e. The number of hydrogen-bond donors (Lipinski definition) is 1. The molecule has 1 N–H and O–H groups in total. The Balaban J connectivity index is 1.42. The lowest BCUT2D eigenvalue weighted by Crippen LogP contribution is -2.17. The molecule has 8 nitrogen and oxygen atoms in total. The molecule has 1 atom stereocenters. The number of aromatic nitrogens is 4. The zero-order valence-electron chi connectivity index (χ0n) is 19.1. The van der Waals surface area contributed by atoms with Crippen LogP contribution in [0.4, 0.5) is 0 Å². The molecular formula is C25H26N4O4S. The zero-order chi connectivity index (χ0) is 23.5. The average Bonchev–Trinajstić information content (AvgIpc) is 3.62. The summed E-state index contributed by atoms with van der Waals surface area (Å²) in [6, 6.07) is 13.3. The van der Waals surface area contributed by atoms with Crippen LogP contribution in [-0.4, -0.2) is 58.2 Å². The monoisotopic (exact) mass is 478 g/mol. The molecule has 0 radical (unpaired) electrons. The van der Waals surface area contributed by atoms with Gasteiger partial charge in [-0.2, -0.15) is 0 Å². The molecule has 34 heavy (non-hydrogen) atoms. The van der Waals surface area contributed by atoms with Gasteiger partial charge in [-0.25, -0.2) is 0 Å². The lowest BCUT2D eigenvalue weighted by Gasteiger charge is -2.14. The van der Waals surface area contributed by atoms with Crippen LogP contribution in [0.5, 0.6) is 11.5 Å². The third-order valence-electron chi connectivity index (χ3n) is 6.00. The van der Waals surface area contributed by atoms with Gasteiger partial charge in [0, 0.05) is 34.8 Å². The van der Waals surface area contributed by atoms with Crippen LogP contribution >= 0.6 is 11.8 Å². The molecule has 3 heterocycles. The SMILES string of the molecule is COc1ccc(C(=O)CSc2nnc(-c3c[nH]c4ccccc34)n2CC2CCCO2)cc1OC. The van der Waals surface area contributed by atoms with Gasteiger partial charge in [0.1, 0.15) is 0 Å². The highest BCUT2D eigenvalue weighted by Gasteiger charge is 2.24. The van der Waals surface area contributed by atoms with Crippen LogP contribution in [0.2, 0.25) is 0 Å². The van der Waals surface area contributed by atoms with Crippen molar-refractivity contribution in [1.82, 2.24) is 19.7 Å². The van der Waals surface area contributed by atoms with Gasteiger partial charge in [-0.1, -0.05) is 30.0 Å². The second-order valence-electron chi connectivity index (χ2n) is 8.08. The molecule has 1 fully saturated rings. The van der Waals surface area contributed by atoms with E-state index < -0.39 is 0 Å². The van der Waals surface area contributed by atoms with E-state index in [-0.39, 0.29) is 17.6 Å². The summed E-state index contributed by atoms with van der Waals surface area (Å²) in [5.41, 5.74) is 2.59. The van der Waals surface area contributed by atoms with Gasteiger partial charge in [0.05, 0.1) is 32.6 Å². The number of aromatic amines is 1. The Morgan fingerprint density at radius 3 is 2.82 bits per heavy atom. The van der Waals surface area contributed by atoms with E-state index >= 15 is 0 Å². The molecule has 176 valence electrons. The van der Waals surface area contributed by atoms with Crippen LogP contribution in [0.3, 0.4) is 0 Å². The molecule has 0 saturated carbocycles. The minimum absolute atomic E-state index is 0.0220. The average molecular weight is 479 g/mol. The predicted molar refractivity (Wildman–Crippen MR) is 131 cm³/mol. The number of carbonyl (C=O) groups excluding carboxylic acids is 1.